The van der Waals surface area contributed by atoms with Gasteiger partial charge in [-0.3, -0.25) is 0 Å². The molecule has 0 aromatic carbocycles. The third kappa shape index (κ3) is 2.32. The molecule has 0 spiro atoms. The number of aromatic nitrogens is 4. The fraction of sp³-hybridized carbons (Fsp3) is 0.643. The minimum absolute atomic E-state index is 0.0390. The Kier molecular flexibility index (Phi) is 3.52. The Hall–Kier alpha value is -1.04. The Labute approximate surface area is 146 Å². The Bertz CT molecular complexity index is 764. The average molecular weight is 431 g/mol. The van der Waals surface area contributed by atoms with E-state index in [2.05, 4.69) is 44.6 Å². The van der Waals surface area contributed by atoms with Crippen molar-refractivity contribution >= 4 is 39.4 Å². The van der Waals surface area contributed by atoms with Gasteiger partial charge < -0.3 is 19.9 Å². The molecule has 4 heterocycles. The van der Waals surface area contributed by atoms with Gasteiger partial charge in [0.2, 0.25) is 0 Å². The molecule has 2 aliphatic heterocycles. The van der Waals surface area contributed by atoms with Gasteiger partial charge in [0.25, 0.3) is 0 Å². The SMILES string of the molecule is CC[C@@H]1O[C@@H](n2nc(I)c3c(N)ncnc32)[C@@H]2OC(C)(C)O[C@@H]21. The summed E-state index contributed by atoms with van der Waals surface area (Å²) >= 11 is 2.13. The number of anilines is 1. The lowest BCUT2D eigenvalue weighted by Gasteiger charge is -2.24. The largest absolute Gasteiger partial charge is 0.383 e. The van der Waals surface area contributed by atoms with Crippen molar-refractivity contribution < 1.29 is 14.2 Å². The average Bonchev–Trinajstić information content (AvgIpc) is 3.08. The van der Waals surface area contributed by atoms with Crippen LogP contribution in [0.4, 0.5) is 5.82 Å². The van der Waals surface area contributed by atoms with Gasteiger partial charge in [-0.15, -0.1) is 0 Å². The van der Waals surface area contributed by atoms with Crippen molar-refractivity contribution in [2.24, 2.45) is 0 Å². The highest BCUT2D eigenvalue weighted by atomic mass is 127. The van der Waals surface area contributed by atoms with Crippen molar-refractivity contribution in [3.05, 3.63) is 10.0 Å². The first-order chi connectivity index (χ1) is 10.9. The van der Waals surface area contributed by atoms with Crippen LogP contribution in [-0.4, -0.2) is 43.8 Å². The molecular formula is C14H18IN5O3. The van der Waals surface area contributed by atoms with Gasteiger partial charge in [0.05, 0.1) is 11.5 Å². The van der Waals surface area contributed by atoms with Gasteiger partial charge in [0.15, 0.2) is 17.7 Å². The monoisotopic (exact) mass is 431 g/mol. The molecule has 0 saturated carbocycles. The molecule has 0 bridgehead atoms. The molecule has 2 N–H and O–H groups in total. The van der Waals surface area contributed by atoms with Gasteiger partial charge >= 0.3 is 0 Å². The van der Waals surface area contributed by atoms with Crippen LogP contribution in [0.3, 0.4) is 0 Å². The van der Waals surface area contributed by atoms with E-state index in [1.54, 1.807) is 4.68 Å². The molecule has 2 fully saturated rings. The second-order valence-electron chi connectivity index (χ2n) is 6.23. The number of halogens is 1. The van der Waals surface area contributed by atoms with Crippen molar-refractivity contribution in [3.8, 4) is 0 Å². The minimum atomic E-state index is -0.630. The lowest BCUT2D eigenvalue weighted by molar-refractivity contribution is -0.197. The maximum Gasteiger partial charge on any atom is 0.181 e. The summed E-state index contributed by atoms with van der Waals surface area (Å²) in [6, 6.07) is 0. The molecule has 9 heteroatoms. The zero-order valence-electron chi connectivity index (χ0n) is 13.1. The first kappa shape index (κ1) is 15.5. The lowest BCUT2D eigenvalue weighted by Crippen LogP contribution is -2.28. The number of nitrogens with two attached hydrogens (primary N) is 1. The number of rotatable bonds is 2. The quantitative estimate of drug-likeness (QED) is 0.725. The van der Waals surface area contributed by atoms with Crippen molar-refractivity contribution in [1.29, 1.82) is 0 Å². The van der Waals surface area contributed by atoms with Crippen LogP contribution >= 0.6 is 22.6 Å². The van der Waals surface area contributed by atoms with Gasteiger partial charge in [-0.1, -0.05) is 6.92 Å². The normalized spacial score (nSPS) is 32.5. The van der Waals surface area contributed by atoms with Crippen LogP contribution in [0, 0.1) is 3.70 Å². The summed E-state index contributed by atoms with van der Waals surface area (Å²) in [5.41, 5.74) is 6.62. The highest BCUT2D eigenvalue weighted by Gasteiger charge is 2.55. The fourth-order valence-corrected chi connectivity index (χ4v) is 4.06. The molecule has 2 aliphatic rings. The number of ether oxygens (including phenoxy) is 3. The van der Waals surface area contributed by atoms with Crippen LogP contribution in [-0.2, 0) is 14.2 Å². The van der Waals surface area contributed by atoms with Gasteiger partial charge in [-0.05, 0) is 42.9 Å². The molecular weight excluding hydrogens is 413 g/mol. The summed E-state index contributed by atoms with van der Waals surface area (Å²) in [6.45, 7) is 5.91. The third-order valence-corrected chi connectivity index (χ3v) is 5.00. The molecule has 2 aromatic rings. The Balaban J connectivity index is 1.81. The third-order valence-electron chi connectivity index (χ3n) is 4.24. The molecule has 4 rings (SSSR count). The number of fused-ring (bicyclic) bond motifs is 2. The van der Waals surface area contributed by atoms with Gasteiger partial charge in [-0.2, -0.15) is 5.10 Å². The molecule has 0 amide bonds. The van der Waals surface area contributed by atoms with Crippen LogP contribution in [0.1, 0.15) is 33.4 Å². The Morgan fingerprint density at radius 3 is 2.78 bits per heavy atom. The van der Waals surface area contributed by atoms with Crippen molar-refractivity contribution in [2.75, 3.05) is 5.73 Å². The van der Waals surface area contributed by atoms with Gasteiger partial charge in [0, 0.05) is 0 Å². The molecule has 0 aliphatic carbocycles. The smallest absolute Gasteiger partial charge is 0.181 e. The standard InChI is InChI=1S/C14H18IN5O3/c1-4-6-8-9(23-14(2,3)22-8)13(21-6)20-12-7(10(15)19-20)11(16)17-5-18-12/h5-6,8-9,13H,4H2,1-3H3,(H2,16,17,18)/t6-,8+,9+,13+/m0/s1. The van der Waals surface area contributed by atoms with E-state index in [0.29, 0.717) is 11.5 Å². The van der Waals surface area contributed by atoms with Crippen LogP contribution in [0.2, 0.25) is 0 Å². The van der Waals surface area contributed by atoms with E-state index in [1.807, 2.05) is 13.8 Å². The van der Waals surface area contributed by atoms with Crippen molar-refractivity contribution in [2.45, 2.75) is 57.5 Å². The summed E-state index contributed by atoms with van der Waals surface area (Å²) in [7, 11) is 0. The highest BCUT2D eigenvalue weighted by molar-refractivity contribution is 14.1. The van der Waals surface area contributed by atoms with Gasteiger partial charge in [0.1, 0.15) is 28.1 Å². The summed E-state index contributed by atoms with van der Waals surface area (Å²) in [6.07, 6.45) is 1.49. The van der Waals surface area contributed by atoms with Crippen LogP contribution in [0.5, 0.6) is 0 Å². The number of nitrogens with zero attached hydrogens (tertiary/aromatic N) is 4. The maximum absolute atomic E-state index is 6.16. The topological polar surface area (TPSA) is 97.3 Å². The zero-order chi connectivity index (χ0) is 16.4. The molecule has 2 saturated heterocycles. The van der Waals surface area contributed by atoms with E-state index in [0.717, 1.165) is 15.5 Å². The lowest BCUT2D eigenvalue weighted by atomic mass is 10.1. The van der Waals surface area contributed by atoms with Crippen LogP contribution < -0.4 is 5.73 Å². The molecule has 2 aromatic heterocycles. The predicted octanol–water partition coefficient (Wildman–Crippen LogP) is 1.84. The van der Waals surface area contributed by atoms with E-state index in [4.69, 9.17) is 19.9 Å². The van der Waals surface area contributed by atoms with E-state index in [1.165, 1.54) is 6.33 Å². The van der Waals surface area contributed by atoms with E-state index in [-0.39, 0.29) is 18.3 Å². The highest BCUT2D eigenvalue weighted by Crippen LogP contribution is 2.44. The van der Waals surface area contributed by atoms with Crippen molar-refractivity contribution in [3.63, 3.8) is 0 Å². The molecule has 0 unspecified atom stereocenters. The van der Waals surface area contributed by atoms with Gasteiger partial charge in [-0.25, -0.2) is 14.6 Å². The van der Waals surface area contributed by atoms with E-state index >= 15 is 0 Å². The second kappa shape index (κ2) is 5.23. The summed E-state index contributed by atoms with van der Waals surface area (Å²) in [5, 5.41) is 5.31. The van der Waals surface area contributed by atoms with E-state index < -0.39 is 12.0 Å². The molecule has 0 radical (unpaired) electrons. The first-order valence-corrected chi connectivity index (χ1v) is 8.64. The summed E-state index contributed by atoms with van der Waals surface area (Å²) in [4.78, 5) is 8.38. The summed E-state index contributed by atoms with van der Waals surface area (Å²) < 4.78 is 20.7. The first-order valence-electron chi connectivity index (χ1n) is 7.56. The zero-order valence-corrected chi connectivity index (χ0v) is 15.2. The molecule has 23 heavy (non-hydrogen) atoms. The minimum Gasteiger partial charge on any atom is -0.383 e. The molecule has 8 nitrogen and oxygen atoms in total. The van der Waals surface area contributed by atoms with Crippen LogP contribution in [0.25, 0.3) is 11.0 Å². The number of hydrogen-bond acceptors (Lipinski definition) is 7. The number of hydrogen-bond donors (Lipinski definition) is 1. The summed E-state index contributed by atoms with van der Waals surface area (Å²) in [5.74, 6) is -0.217. The predicted molar refractivity (Wildman–Crippen MR) is 90.5 cm³/mol. The van der Waals surface area contributed by atoms with E-state index in [9.17, 15) is 0 Å². The van der Waals surface area contributed by atoms with Crippen LogP contribution in [0.15, 0.2) is 6.33 Å². The number of nitrogen functional groups attached to an aromatic ring is 1. The maximum atomic E-state index is 6.16. The van der Waals surface area contributed by atoms with Crippen molar-refractivity contribution in [1.82, 2.24) is 19.7 Å². The molecule has 4 atom stereocenters. The molecule has 124 valence electrons. The fourth-order valence-electron chi connectivity index (χ4n) is 3.31. The second-order valence-corrected chi connectivity index (χ2v) is 7.25. The Morgan fingerprint density at radius 2 is 2.04 bits per heavy atom. The Morgan fingerprint density at radius 1 is 1.30 bits per heavy atom.